The maximum Gasteiger partial charge on any atom is 0.228 e. The molecule has 29 heavy (non-hydrogen) atoms. The molecule has 12 nitrogen and oxygen atoms in total. The molecule has 152 valence electrons. The van der Waals surface area contributed by atoms with Gasteiger partial charge in [0.15, 0.2) is 23.2 Å². The molecule has 1 saturated heterocycles. The Morgan fingerprint density at radius 1 is 1.24 bits per heavy atom. The molecule has 4 rings (SSSR count). The van der Waals surface area contributed by atoms with Gasteiger partial charge in [0, 0.05) is 5.56 Å². The van der Waals surface area contributed by atoms with Crippen LogP contribution in [0.25, 0.3) is 11.2 Å². The topological polar surface area (TPSA) is 184 Å². The number of aromatic nitrogens is 4. The molecule has 1 fully saturated rings. The number of benzene rings is 1. The SMILES string of the molecule is Nc1ncnc2c1nc(N/N=C\c1ccccc1O)n2[C@H]1O[C@@H](CO)[C@@H](O)[C@@H]1O. The maximum atomic E-state index is 10.4. The summed E-state index contributed by atoms with van der Waals surface area (Å²) >= 11 is 0. The average Bonchev–Trinajstić information content (AvgIpc) is 3.22. The number of hydrogen-bond donors (Lipinski definition) is 6. The van der Waals surface area contributed by atoms with Crippen LogP contribution in [0.2, 0.25) is 0 Å². The molecule has 0 saturated carbocycles. The molecule has 3 heterocycles. The molecule has 0 amide bonds. The number of anilines is 2. The van der Waals surface area contributed by atoms with Crippen LogP contribution in [0.5, 0.6) is 5.75 Å². The Bertz CT molecular complexity index is 1060. The number of phenolic OH excluding ortho intramolecular Hbond substituents is 1. The summed E-state index contributed by atoms with van der Waals surface area (Å²) in [5.41, 5.74) is 9.53. The third-order valence-electron chi connectivity index (χ3n) is 4.58. The van der Waals surface area contributed by atoms with Crippen LogP contribution in [0.3, 0.4) is 0 Å². The van der Waals surface area contributed by atoms with Gasteiger partial charge in [-0.15, -0.1) is 0 Å². The van der Waals surface area contributed by atoms with Crippen LogP contribution in [-0.4, -0.2) is 71.1 Å². The monoisotopic (exact) mass is 401 g/mol. The Morgan fingerprint density at radius 3 is 2.76 bits per heavy atom. The number of rotatable bonds is 5. The lowest BCUT2D eigenvalue weighted by atomic mass is 10.1. The van der Waals surface area contributed by atoms with Crippen LogP contribution < -0.4 is 11.2 Å². The molecule has 3 aromatic rings. The lowest BCUT2D eigenvalue weighted by molar-refractivity contribution is -0.0501. The van der Waals surface area contributed by atoms with E-state index in [1.165, 1.54) is 23.2 Å². The number of aromatic hydroxyl groups is 1. The first kappa shape index (κ1) is 19.0. The lowest BCUT2D eigenvalue weighted by Crippen LogP contribution is -2.33. The number of aliphatic hydroxyl groups is 3. The molecule has 4 atom stereocenters. The number of ether oxygens (including phenoxy) is 1. The predicted molar refractivity (Wildman–Crippen MR) is 102 cm³/mol. The van der Waals surface area contributed by atoms with Gasteiger partial charge in [-0.25, -0.2) is 20.4 Å². The second-order valence-electron chi connectivity index (χ2n) is 6.39. The van der Waals surface area contributed by atoms with Crippen molar-refractivity contribution in [3.05, 3.63) is 36.2 Å². The Hall–Kier alpha value is -3.32. The van der Waals surface area contributed by atoms with Gasteiger partial charge >= 0.3 is 0 Å². The molecular formula is C17H19N7O5. The molecule has 0 spiro atoms. The van der Waals surface area contributed by atoms with E-state index in [2.05, 4.69) is 25.5 Å². The van der Waals surface area contributed by atoms with Crippen LogP contribution in [0.1, 0.15) is 11.8 Å². The smallest absolute Gasteiger partial charge is 0.228 e. The molecule has 2 aromatic heterocycles. The zero-order chi connectivity index (χ0) is 20.5. The van der Waals surface area contributed by atoms with Gasteiger partial charge in [0.05, 0.1) is 12.8 Å². The molecule has 0 unspecified atom stereocenters. The van der Waals surface area contributed by atoms with E-state index in [0.29, 0.717) is 5.56 Å². The summed E-state index contributed by atoms with van der Waals surface area (Å²) in [5.74, 6) is 0.257. The number of nitrogens with one attached hydrogen (secondary N) is 1. The number of nitrogens with zero attached hydrogens (tertiary/aromatic N) is 5. The summed E-state index contributed by atoms with van der Waals surface area (Å²) in [6, 6.07) is 6.61. The Balaban J connectivity index is 1.73. The fourth-order valence-electron chi connectivity index (χ4n) is 3.10. The summed E-state index contributed by atoms with van der Waals surface area (Å²) in [6.45, 7) is -0.479. The van der Waals surface area contributed by atoms with Crippen LogP contribution in [0, 0.1) is 0 Å². The zero-order valence-electron chi connectivity index (χ0n) is 15.0. The molecule has 7 N–H and O–H groups in total. The Morgan fingerprint density at radius 2 is 2.03 bits per heavy atom. The fourth-order valence-corrected chi connectivity index (χ4v) is 3.10. The third kappa shape index (κ3) is 3.34. The third-order valence-corrected chi connectivity index (χ3v) is 4.58. The molecule has 12 heteroatoms. The van der Waals surface area contributed by atoms with Gasteiger partial charge in [-0.1, -0.05) is 12.1 Å². The second-order valence-corrected chi connectivity index (χ2v) is 6.39. The summed E-state index contributed by atoms with van der Waals surface area (Å²) < 4.78 is 6.97. The number of phenols is 1. The summed E-state index contributed by atoms with van der Waals surface area (Å²) in [7, 11) is 0. The van der Waals surface area contributed by atoms with Crippen LogP contribution in [0.15, 0.2) is 35.7 Å². The second kappa shape index (κ2) is 7.60. The van der Waals surface area contributed by atoms with Crippen molar-refractivity contribution >= 4 is 29.1 Å². The zero-order valence-corrected chi connectivity index (χ0v) is 15.0. The van der Waals surface area contributed by atoms with E-state index in [4.69, 9.17) is 10.5 Å². The standard InChI is InChI=1S/C17H19N7O5/c18-14-11-15(20-7-19-14)24(16-13(28)12(27)10(6-25)29-16)17(22-11)23-21-5-8-3-1-2-4-9(8)26/h1-5,7,10,12-13,16,25-28H,6H2,(H,22,23)(H2,18,19,20)/b21-5-/t10-,12+,13-,16-/m0/s1. The summed E-state index contributed by atoms with van der Waals surface area (Å²) in [5, 5.41) is 43.8. The number of fused-ring (bicyclic) bond motifs is 1. The van der Waals surface area contributed by atoms with Gasteiger partial charge in [-0.2, -0.15) is 5.10 Å². The van der Waals surface area contributed by atoms with Crippen molar-refractivity contribution in [2.75, 3.05) is 17.8 Å². The van der Waals surface area contributed by atoms with E-state index in [1.807, 2.05) is 0 Å². The van der Waals surface area contributed by atoms with Crippen LogP contribution in [0.4, 0.5) is 11.8 Å². The van der Waals surface area contributed by atoms with Crippen molar-refractivity contribution < 1.29 is 25.2 Å². The Kier molecular flexibility index (Phi) is 4.98. The van der Waals surface area contributed by atoms with Crippen molar-refractivity contribution in [3.8, 4) is 5.75 Å². The fraction of sp³-hybridized carbons (Fsp3) is 0.294. The van der Waals surface area contributed by atoms with E-state index in [-0.39, 0.29) is 28.7 Å². The molecule has 0 bridgehead atoms. The maximum absolute atomic E-state index is 10.4. The molecule has 1 aromatic carbocycles. The normalized spacial score (nSPS) is 24.5. The number of aliphatic hydroxyl groups excluding tert-OH is 3. The number of hydrogen-bond acceptors (Lipinski definition) is 11. The molecule has 1 aliphatic rings. The van der Waals surface area contributed by atoms with Crippen LogP contribution >= 0.6 is 0 Å². The van der Waals surface area contributed by atoms with E-state index < -0.39 is 31.1 Å². The van der Waals surface area contributed by atoms with Crippen LogP contribution in [-0.2, 0) is 4.74 Å². The van der Waals surface area contributed by atoms with E-state index in [9.17, 15) is 20.4 Å². The highest BCUT2D eigenvalue weighted by atomic mass is 16.6. The number of hydrazone groups is 1. The first-order valence-corrected chi connectivity index (χ1v) is 8.69. The van der Waals surface area contributed by atoms with Crippen molar-refractivity contribution in [2.45, 2.75) is 24.5 Å². The van der Waals surface area contributed by atoms with Crippen molar-refractivity contribution in [1.82, 2.24) is 19.5 Å². The first-order chi connectivity index (χ1) is 14.0. The number of nitrogen functional groups attached to an aromatic ring is 1. The van der Waals surface area contributed by atoms with Crippen molar-refractivity contribution in [3.63, 3.8) is 0 Å². The number of nitrogens with two attached hydrogens (primary N) is 1. The van der Waals surface area contributed by atoms with Gasteiger partial charge in [0.1, 0.15) is 30.4 Å². The minimum absolute atomic E-state index is 0.0464. The molecular weight excluding hydrogens is 382 g/mol. The van der Waals surface area contributed by atoms with E-state index >= 15 is 0 Å². The number of para-hydroxylation sites is 1. The molecule has 1 aliphatic heterocycles. The minimum Gasteiger partial charge on any atom is -0.507 e. The Labute approximate surface area is 163 Å². The van der Waals surface area contributed by atoms with E-state index in [1.54, 1.807) is 18.2 Å². The average molecular weight is 401 g/mol. The number of imidazole rings is 1. The molecule has 0 aliphatic carbocycles. The van der Waals surface area contributed by atoms with Gasteiger partial charge in [0.25, 0.3) is 0 Å². The molecule has 0 radical (unpaired) electrons. The first-order valence-electron chi connectivity index (χ1n) is 8.69. The predicted octanol–water partition coefficient (Wildman–Crippen LogP) is -0.828. The summed E-state index contributed by atoms with van der Waals surface area (Å²) in [4.78, 5) is 12.3. The van der Waals surface area contributed by atoms with Crippen molar-refractivity contribution in [1.29, 1.82) is 0 Å². The lowest BCUT2D eigenvalue weighted by Gasteiger charge is -2.18. The summed E-state index contributed by atoms with van der Waals surface area (Å²) in [6.07, 6.45) is -2.14. The largest absolute Gasteiger partial charge is 0.507 e. The highest BCUT2D eigenvalue weighted by Gasteiger charge is 2.45. The van der Waals surface area contributed by atoms with Gasteiger partial charge in [-0.3, -0.25) is 4.57 Å². The quantitative estimate of drug-likeness (QED) is 0.233. The van der Waals surface area contributed by atoms with Gasteiger partial charge < -0.3 is 30.9 Å². The van der Waals surface area contributed by atoms with E-state index in [0.717, 1.165) is 0 Å². The highest BCUT2D eigenvalue weighted by molar-refractivity contribution is 5.85. The van der Waals surface area contributed by atoms with Gasteiger partial charge in [0.2, 0.25) is 5.95 Å². The highest BCUT2D eigenvalue weighted by Crippen LogP contribution is 2.35. The minimum atomic E-state index is -1.36. The van der Waals surface area contributed by atoms with Crippen molar-refractivity contribution in [2.24, 2.45) is 5.10 Å². The van der Waals surface area contributed by atoms with Gasteiger partial charge in [-0.05, 0) is 12.1 Å².